The van der Waals surface area contributed by atoms with Gasteiger partial charge in [0, 0.05) is 15.8 Å². The van der Waals surface area contributed by atoms with Crippen molar-refractivity contribution in [3.8, 4) is 10.6 Å². The van der Waals surface area contributed by atoms with E-state index in [9.17, 15) is 0 Å². The Kier molecular flexibility index (Phi) is 2.99. The minimum Gasteiger partial charge on any atom is -0.240 e. The largest absolute Gasteiger partial charge is 0.240 e. The molecule has 0 aliphatic rings. The SMILES string of the molecule is Cc1sc(-c2ccccc2)nc1CBr. The summed E-state index contributed by atoms with van der Waals surface area (Å²) in [6.45, 7) is 2.11. The molecular formula is C11H10BrNS. The lowest BCUT2D eigenvalue weighted by Gasteiger charge is -1.92. The number of nitrogens with zero attached hydrogens (tertiary/aromatic N) is 1. The molecule has 0 aliphatic carbocycles. The molecule has 3 heteroatoms. The van der Waals surface area contributed by atoms with Crippen molar-refractivity contribution in [3.63, 3.8) is 0 Å². The second kappa shape index (κ2) is 4.24. The van der Waals surface area contributed by atoms with E-state index < -0.39 is 0 Å². The fourth-order valence-electron chi connectivity index (χ4n) is 1.26. The van der Waals surface area contributed by atoms with Crippen molar-refractivity contribution in [1.82, 2.24) is 4.98 Å². The molecule has 0 bridgehead atoms. The first-order valence-corrected chi connectivity index (χ1v) is 6.32. The molecule has 2 aromatic rings. The lowest BCUT2D eigenvalue weighted by Crippen LogP contribution is -1.80. The highest BCUT2D eigenvalue weighted by molar-refractivity contribution is 9.08. The monoisotopic (exact) mass is 267 g/mol. The van der Waals surface area contributed by atoms with E-state index in [2.05, 4.69) is 40.0 Å². The van der Waals surface area contributed by atoms with Crippen molar-refractivity contribution < 1.29 is 0 Å². The van der Waals surface area contributed by atoms with E-state index in [1.807, 2.05) is 18.2 Å². The highest BCUT2D eigenvalue weighted by Crippen LogP contribution is 2.28. The zero-order valence-electron chi connectivity index (χ0n) is 7.83. The number of alkyl halides is 1. The number of benzene rings is 1. The Labute approximate surface area is 95.9 Å². The third kappa shape index (κ3) is 1.88. The maximum atomic E-state index is 4.57. The Hall–Kier alpha value is -0.670. The number of aromatic nitrogens is 1. The molecule has 0 saturated heterocycles. The van der Waals surface area contributed by atoms with Crippen molar-refractivity contribution in [2.75, 3.05) is 0 Å². The van der Waals surface area contributed by atoms with Crippen LogP contribution in [0.3, 0.4) is 0 Å². The Morgan fingerprint density at radius 1 is 1.29 bits per heavy atom. The maximum absolute atomic E-state index is 4.57. The molecule has 14 heavy (non-hydrogen) atoms. The van der Waals surface area contributed by atoms with Gasteiger partial charge in [-0.2, -0.15) is 0 Å². The average Bonchev–Trinajstić information content (AvgIpc) is 2.61. The summed E-state index contributed by atoms with van der Waals surface area (Å²) in [6.07, 6.45) is 0. The number of hydrogen-bond acceptors (Lipinski definition) is 2. The van der Waals surface area contributed by atoms with Gasteiger partial charge in [-0.1, -0.05) is 46.3 Å². The molecule has 1 aromatic carbocycles. The van der Waals surface area contributed by atoms with Crippen LogP contribution in [0.25, 0.3) is 10.6 Å². The average molecular weight is 268 g/mol. The van der Waals surface area contributed by atoms with Crippen LogP contribution in [0, 0.1) is 6.92 Å². The van der Waals surface area contributed by atoms with E-state index >= 15 is 0 Å². The molecule has 0 atom stereocenters. The van der Waals surface area contributed by atoms with Crippen LogP contribution in [-0.2, 0) is 5.33 Å². The normalized spacial score (nSPS) is 10.4. The predicted octanol–water partition coefficient (Wildman–Crippen LogP) is 4.01. The smallest absolute Gasteiger partial charge is 0.123 e. The molecule has 0 aliphatic heterocycles. The van der Waals surface area contributed by atoms with Gasteiger partial charge < -0.3 is 0 Å². The number of rotatable bonds is 2. The fraction of sp³-hybridized carbons (Fsp3) is 0.182. The standard InChI is InChI=1S/C11H10BrNS/c1-8-10(7-12)13-11(14-8)9-5-3-2-4-6-9/h2-6H,7H2,1H3. The van der Waals surface area contributed by atoms with Crippen LogP contribution >= 0.6 is 27.3 Å². The second-order valence-electron chi connectivity index (χ2n) is 3.02. The molecule has 0 amide bonds. The molecule has 0 unspecified atom stereocenters. The summed E-state index contributed by atoms with van der Waals surface area (Å²) in [4.78, 5) is 5.86. The molecule has 72 valence electrons. The summed E-state index contributed by atoms with van der Waals surface area (Å²) < 4.78 is 0. The Bertz CT molecular complexity index is 422. The van der Waals surface area contributed by atoms with Crippen LogP contribution in [0.4, 0.5) is 0 Å². The van der Waals surface area contributed by atoms with Crippen LogP contribution in [0.1, 0.15) is 10.6 Å². The van der Waals surface area contributed by atoms with Gasteiger partial charge in [-0.3, -0.25) is 0 Å². The lowest BCUT2D eigenvalue weighted by atomic mass is 10.2. The van der Waals surface area contributed by atoms with Gasteiger partial charge in [-0.15, -0.1) is 11.3 Å². The fourth-order valence-corrected chi connectivity index (χ4v) is 2.92. The van der Waals surface area contributed by atoms with Gasteiger partial charge in [0.05, 0.1) is 5.69 Å². The first kappa shape index (κ1) is 9.87. The van der Waals surface area contributed by atoms with Crippen molar-refractivity contribution in [1.29, 1.82) is 0 Å². The van der Waals surface area contributed by atoms with Gasteiger partial charge in [-0.25, -0.2) is 4.98 Å². The molecule has 0 radical (unpaired) electrons. The second-order valence-corrected chi connectivity index (χ2v) is 4.79. The van der Waals surface area contributed by atoms with Crippen LogP contribution in [0.2, 0.25) is 0 Å². The Balaban J connectivity index is 2.43. The van der Waals surface area contributed by atoms with Gasteiger partial charge in [0.2, 0.25) is 0 Å². The summed E-state index contributed by atoms with van der Waals surface area (Å²) in [7, 11) is 0. The third-order valence-corrected chi connectivity index (χ3v) is 3.63. The summed E-state index contributed by atoms with van der Waals surface area (Å²) in [6, 6.07) is 10.3. The van der Waals surface area contributed by atoms with Crippen LogP contribution in [0.5, 0.6) is 0 Å². The van der Waals surface area contributed by atoms with Gasteiger partial charge in [0.1, 0.15) is 5.01 Å². The molecule has 0 fully saturated rings. The highest BCUT2D eigenvalue weighted by Gasteiger charge is 2.07. The molecule has 0 saturated carbocycles. The summed E-state index contributed by atoms with van der Waals surface area (Å²) in [5.74, 6) is 0. The first-order chi connectivity index (χ1) is 6.81. The molecule has 0 N–H and O–H groups in total. The maximum Gasteiger partial charge on any atom is 0.123 e. The third-order valence-electron chi connectivity index (χ3n) is 2.04. The lowest BCUT2D eigenvalue weighted by molar-refractivity contribution is 1.21. The molecule has 0 spiro atoms. The van der Waals surface area contributed by atoms with E-state index in [1.165, 1.54) is 10.4 Å². The van der Waals surface area contributed by atoms with Gasteiger partial charge in [-0.05, 0) is 6.92 Å². The number of thiazole rings is 1. The minimum atomic E-state index is 0.835. The quantitative estimate of drug-likeness (QED) is 0.750. The predicted molar refractivity (Wildman–Crippen MR) is 64.9 cm³/mol. The van der Waals surface area contributed by atoms with E-state index in [0.29, 0.717) is 0 Å². The van der Waals surface area contributed by atoms with Gasteiger partial charge >= 0.3 is 0 Å². The highest BCUT2D eigenvalue weighted by atomic mass is 79.9. The number of halogens is 1. The van der Waals surface area contributed by atoms with E-state index in [4.69, 9.17) is 0 Å². The Morgan fingerprint density at radius 2 is 2.00 bits per heavy atom. The number of aryl methyl sites for hydroxylation is 1. The van der Waals surface area contributed by atoms with Crippen LogP contribution in [-0.4, -0.2) is 4.98 Å². The van der Waals surface area contributed by atoms with Crippen molar-refractivity contribution >= 4 is 27.3 Å². The van der Waals surface area contributed by atoms with Crippen molar-refractivity contribution in [3.05, 3.63) is 40.9 Å². The summed E-state index contributed by atoms with van der Waals surface area (Å²) >= 11 is 5.19. The first-order valence-electron chi connectivity index (χ1n) is 4.39. The molecule has 1 heterocycles. The molecular weight excluding hydrogens is 258 g/mol. The van der Waals surface area contributed by atoms with E-state index in [1.54, 1.807) is 11.3 Å². The zero-order valence-corrected chi connectivity index (χ0v) is 10.2. The zero-order chi connectivity index (χ0) is 9.97. The summed E-state index contributed by atoms with van der Waals surface area (Å²) in [5.41, 5.74) is 2.35. The van der Waals surface area contributed by atoms with Gasteiger partial charge in [0.15, 0.2) is 0 Å². The molecule has 1 nitrogen and oxygen atoms in total. The van der Waals surface area contributed by atoms with Crippen LogP contribution < -0.4 is 0 Å². The molecule has 1 aromatic heterocycles. The van der Waals surface area contributed by atoms with Crippen LogP contribution in [0.15, 0.2) is 30.3 Å². The van der Waals surface area contributed by atoms with Crippen molar-refractivity contribution in [2.24, 2.45) is 0 Å². The van der Waals surface area contributed by atoms with E-state index in [-0.39, 0.29) is 0 Å². The molecule has 2 rings (SSSR count). The van der Waals surface area contributed by atoms with E-state index in [0.717, 1.165) is 16.0 Å². The Morgan fingerprint density at radius 3 is 2.57 bits per heavy atom. The minimum absolute atomic E-state index is 0.835. The van der Waals surface area contributed by atoms with Crippen molar-refractivity contribution in [2.45, 2.75) is 12.3 Å². The topological polar surface area (TPSA) is 12.9 Å². The van der Waals surface area contributed by atoms with Gasteiger partial charge in [0.25, 0.3) is 0 Å². The summed E-state index contributed by atoms with van der Waals surface area (Å²) in [5, 5.41) is 1.94. The number of hydrogen-bond donors (Lipinski definition) is 0.